The maximum Gasteiger partial charge on any atom is 0.240 e. The number of hydrogen-bond acceptors (Lipinski definition) is 3. The number of nitrogens with zero attached hydrogens (tertiary/aromatic N) is 1. The molecule has 5 heteroatoms. The summed E-state index contributed by atoms with van der Waals surface area (Å²) in [4.78, 5) is 2.81. The maximum absolute atomic E-state index is 12.6. The minimum atomic E-state index is -3.48. The molecule has 1 heterocycles. The summed E-state index contributed by atoms with van der Waals surface area (Å²) in [5.41, 5.74) is 5.31. The Morgan fingerprint density at radius 3 is 2.19 bits per heavy atom. The highest BCUT2D eigenvalue weighted by molar-refractivity contribution is 7.89. The first-order valence-electron chi connectivity index (χ1n) is 9.78. The van der Waals surface area contributed by atoms with Crippen molar-refractivity contribution in [2.75, 3.05) is 24.5 Å². The molecule has 0 radical (unpaired) electrons. The third-order valence-corrected chi connectivity index (χ3v) is 7.05. The van der Waals surface area contributed by atoms with Gasteiger partial charge in [0.05, 0.1) is 4.90 Å². The van der Waals surface area contributed by atoms with Crippen LogP contribution in [0.4, 0.5) is 5.69 Å². The lowest BCUT2D eigenvalue weighted by atomic mass is 10.1. The van der Waals surface area contributed by atoms with Gasteiger partial charge in [0.2, 0.25) is 10.0 Å². The van der Waals surface area contributed by atoms with E-state index in [1.807, 2.05) is 26.8 Å². The molecule has 0 spiro atoms. The molecule has 146 valence electrons. The molecule has 0 aromatic heterocycles. The summed E-state index contributed by atoms with van der Waals surface area (Å²) >= 11 is 0. The van der Waals surface area contributed by atoms with E-state index in [0.717, 1.165) is 35.3 Å². The van der Waals surface area contributed by atoms with Crippen molar-refractivity contribution in [1.82, 2.24) is 4.72 Å². The fraction of sp³-hybridized carbons (Fsp3) is 0.455. The van der Waals surface area contributed by atoms with Gasteiger partial charge in [-0.25, -0.2) is 13.1 Å². The van der Waals surface area contributed by atoms with Gasteiger partial charge in [0, 0.05) is 25.3 Å². The molecule has 0 aliphatic carbocycles. The highest BCUT2D eigenvalue weighted by atomic mass is 32.2. The SMILES string of the molecule is Cc1cc(C)c(S(=O)(=O)NCCc2ccc(N3CCCCC3)cc2)cc1C. The van der Waals surface area contributed by atoms with Gasteiger partial charge < -0.3 is 4.90 Å². The normalized spacial score (nSPS) is 15.1. The molecule has 27 heavy (non-hydrogen) atoms. The maximum atomic E-state index is 12.6. The summed E-state index contributed by atoms with van der Waals surface area (Å²) in [6, 6.07) is 12.2. The average molecular weight is 387 g/mol. The molecular formula is C22H30N2O2S. The van der Waals surface area contributed by atoms with E-state index < -0.39 is 10.0 Å². The highest BCUT2D eigenvalue weighted by Crippen LogP contribution is 2.21. The number of benzene rings is 2. The summed E-state index contributed by atoms with van der Waals surface area (Å²) in [7, 11) is -3.48. The Kier molecular flexibility index (Phi) is 6.22. The molecule has 2 aromatic carbocycles. The topological polar surface area (TPSA) is 49.4 Å². The quantitative estimate of drug-likeness (QED) is 0.812. The number of hydrogen-bond donors (Lipinski definition) is 1. The zero-order valence-corrected chi connectivity index (χ0v) is 17.4. The number of rotatable bonds is 6. The van der Waals surface area contributed by atoms with Crippen LogP contribution in [0.5, 0.6) is 0 Å². The van der Waals surface area contributed by atoms with Crippen LogP contribution >= 0.6 is 0 Å². The van der Waals surface area contributed by atoms with E-state index in [1.165, 1.54) is 24.9 Å². The van der Waals surface area contributed by atoms with Gasteiger partial charge in [-0.15, -0.1) is 0 Å². The van der Waals surface area contributed by atoms with Crippen LogP contribution in [-0.4, -0.2) is 28.1 Å². The molecule has 1 aliphatic rings. The van der Waals surface area contributed by atoms with E-state index in [9.17, 15) is 8.42 Å². The Labute approximate surface area is 163 Å². The van der Waals surface area contributed by atoms with Crippen molar-refractivity contribution >= 4 is 15.7 Å². The predicted octanol–water partition coefficient (Wildman–Crippen LogP) is 4.12. The number of anilines is 1. The third kappa shape index (κ3) is 4.90. The predicted molar refractivity (Wildman–Crippen MR) is 112 cm³/mol. The van der Waals surface area contributed by atoms with Crippen molar-refractivity contribution in [1.29, 1.82) is 0 Å². The van der Waals surface area contributed by atoms with Gasteiger partial charge in [-0.3, -0.25) is 0 Å². The molecule has 0 bridgehead atoms. The molecule has 1 N–H and O–H groups in total. The molecule has 3 rings (SSSR count). The number of nitrogens with one attached hydrogen (secondary N) is 1. The summed E-state index contributed by atoms with van der Waals surface area (Å²) in [6.45, 7) is 8.46. The van der Waals surface area contributed by atoms with Crippen LogP contribution in [0.1, 0.15) is 41.5 Å². The third-order valence-electron chi connectivity index (χ3n) is 5.44. The Hall–Kier alpha value is -1.85. The second kappa shape index (κ2) is 8.44. The lowest BCUT2D eigenvalue weighted by molar-refractivity contribution is 0.577. The van der Waals surface area contributed by atoms with Crippen LogP contribution in [0.2, 0.25) is 0 Å². The number of aryl methyl sites for hydroxylation is 3. The molecular weight excluding hydrogens is 356 g/mol. The van der Waals surface area contributed by atoms with Crippen molar-refractivity contribution in [2.45, 2.75) is 51.3 Å². The largest absolute Gasteiger partial charge is 0.372 e. The van der Waals surface area contributed by atoms with Gasteiger partial charge in [0.15, 0.2) is 0 Å². The average Bonchev–Trinajstić information content (AvgIpc) is 2.66. The molecule has 1 saturated heterocycles. The number of sulfonamides is 1. The smallest absolute Gasteiger partial charge is 0.240 e. The lowest BCUT2D eigenvalue weighted by Crippen LogP contribution is -2.29. The summed E-state index contributed by atoms with van der Waals surface area (Å²) < 4.78 is 28.1. The van der Waals surface area contributed by atoms with Crippen molar-refractivity contribution in [3.63, 3.8) is 0 Å². The zero-order chi connectivity index (χ0) is 19.4. The Balaban J connectivity index is 1.59. The molecule has 1 aliphatic heterocycles. The van der Waals surface area contributed by atoms with Crippen LogP contribution < -0.4 is 9.62 Å². The van der Waals surface area contributed by atoms with E-state index in [-0.39, 0.29) is 0 Å². The van der Waals surface area contributed by atoms with Crippen LogP contribution in [-0.2, 0) is 16.4 Å². The van der Waals surface area contributed by atoms with E-state index in [1.54, 1.807) is 6.07 Å². The van der Waals surface area contributed by atoms with Crippen molar-refractivity contribution in [3.05, 3.63) is 58.7 Å². The van der Waals surface area contributed by atoms with Crippen LogP contribution in [0.3, 0.4) is 0 Å². The fourth-order valence-corrected chi connectivity index (χ4v) is 5.00. The van der Waals surface area contributed by atoms with Gasteiger partial charge in [0.25, 0.3) is 0 Å². The molecule has 4 nitrogen and oxygen atoms in total. The Morgan fingerprint density at radius 1 is 0.889 bits per heavy atom. The molecule has 2 aromatic rings. The molecule has 1 fully saturated rings. The first-order valence-corrected chi connectivity index (χ1v) is 11.3. The molecule has 0 amide bonds. The standard InChI is InChI=1S/C22H30N2O2S/c1-17-15-19(3)22(16-18(17)2)27(25,26)23-12-11-20-7-9-21(10-8-20)24-13-5-4-6-14-24/h7-10,15-16,23H,4-6,11-14H2,1-3H3. The fourth-order valence-electron chi connectivity index (χ4n) is 3.66. The number of piperidine rings is 1. The Morgan fingerprint density at radius 2 is 1.52 bits per heavy atom. The summed E-state index contributed by atoms with van der Waals surface area (Å²) in [5, 5.41) is 0. The summed E-state index contributed by atoms with van der Waals surface area (Å²) in [5.74, 6) is 0. The summed E-state index contributed by atoms with van der Waals surface area (Å²) in [6.07, 6.45) is 4.54. The first-order chi connectivity index (χ1) is 12.9. The van der Waals surface area contributed by atoms with Crippen molar-refractivity contribution in [3.8, 4) is 0 Å². The van der Waals surface area contributed by atoms with Gasteiger partial charge in [0.1, 0.15) is 0 Å². The molecule has 0 saturated carbocycles. The van der Waals surface area contributed by atoms with Gasteiger partial charge in [-0.05, 0) is 86.9 Å². The minimum absolute atomic E-state index is 0.381. The van der Waals surface area contributed by atoms with Gasteiger partial charge >= 0.3 is 0 Å². The minimum Gasteiger partial charge on any atom is -0.372 e. The van der Waals surface area contributed by atoms with Crippen LogP contribution in [0.25, 0.3) is 0 Å². The second-order valence-corrected chi connectivity index (χ2v) is 9.30. The van der Waals surface area contributed by atoms with Gasteiger partial charge in [-0.1, -0.05) is 18.2 Å². The van der Waals surface area contributed by atoms with Crippen molar-refractivity contribution in [2.24, 2.45) is 0 Å². The van der Waals surface area contributed by atoms with E-state index >= 15 is 0 Å². The van der Waals surface area contributed by atoms with E-state index in [0.29, 0.717) is 17.9 Å². The molecule has 0 atom stereocenters. The first kappa shape index (κ1) is 19.9. The van der Waals surface area contributed by atoms with E-state index in [2.05, 4.69) is 33.9 Å². The second-order valence-electron chi connectivity index (χ2n) is 7.56. The van der Waals surface area contributed by atoms with E-state index in [4.69, 9.17) is 0 Å². The van der Waals surface area contributed by atoms with Crippen LogP contribution in [0, 0.1) is 20.8 Å². The highest BCUT2D eigenvalue weighted by Gasteiger charge is 2.17. The molecule has 0 unspecified atom stereocenters. The van der Waals surface area contributed by atoms with Crippen molar-refractivity contribution < 1.29 is 8.42 Å². The zero-order valence-electron chi connectivity index (χ0n) is 16.6. The van der Waals surface area contributed by atoms with Crippen LogP contribution in [0.15, 0.2) is 41.3 Å². The van der Waals surface area contributed by atoms with Gasteiger partial charge in [-0.2, -0.15) is 0 Å². The lowest BCUT2D eigenvalue weighted by Gasteiger charge is -2.28. The Bertz CT molecular complexity index is 883. The monoisotopic (exact) mass is 386 g/mol.